The monoisotopic (exact) mass is 443 g/mol. The van der Waals surface area contributed by atoms with Crippen LogP contribution in [0.3, 0.4) is 0 Å². The molecule has 9 nitrogen and oxygen atoms in total. The number of benzene rings is 1. The summed E-state index contributed by atoms with van der Waals surface area (Å²) < 4.78 is 5.99. The fraction of sp³-hybridized carbons (Fsp3) is 0.333. The van der Waals surface area contributed by atoms with Crippen LogP contribution in [0.2, 0.25) is 5.02 Å². The molecule has 31 heavy (non-hydrogen) atoms. The van der Waals surface area contributed by atoms with E-state index in [0.29, 0.717) is 59.4 Å². The molecule has 0 atom stereocenters. The number of ether oxygens (including phenoxy) is 1. The summed E-state index contributed by atoms with van der Waals surface area (Å²) in [5.41, 5.74) is 2.50. The molecule has 2 N–H and O–H groups in total. The third kappa shape index (κ3) is 4.41. The number of nitrogens with zero attached hydrogens (tertiary/aromatic N) is 4. The third-order valence-electron chi connectivity index (χ3n) is 5.18. The number of urea groups is 1. The van der Waals surface area contributed by atoms with E-state index in [1.165, 1.54) is 12.1 Å². The van der Waals surface area contributed by atoms with Gasteiger partial charge in [0.2, 0.25) is 0 Å². The number of carboxylic acids is 1. The molecule has 0 saturated carbocycles. The van der Waals surface area contributed by atoms with Gasteiger partial charge in [0.15, 0.2) is 5.65 Å². The van der Waals surface area contributed by atoms with Crippen LogP contribution in [-0.4, -0.2) is 75.1 Å². The Morgan fingerprint density at radius 1 is 1.19 bits per heavy atom. The summed E-state index contributed by atoms with van der Waals surface area (Å²) in [6.07, 6.45) is 1.38. The van der Waals surface area contributed by atoms with E-state index in [1.807, 2.05) is 4.90 Å². The zero-order valence-corrected chi connectivity index (χ0v) is 17.9. The van der Waals surface area contributed by atoms with E-state index in [4.69, 9.17) is 21.4 Å². The molecule has 0 bridgehead atoms. The standard InChI is InChI=1S/C21H22ClN5O4/c1-26(2)21(30)27-9-7-14(8-10-27)31-20-23-16-11-15(22)17(24-18(16)25-20)12-3-5-13(6-4-12)19(28)29/h3-6,11,14H,7-10H2,1-2H3,(H,28,29)(H,23,24,25). The summed E-state index contributed by atoms with van der Waals surface area (Å²) in [7, 11) is 3.48. The number of imidazole rings is 1. The van der Waals surface area contributed by atoms with Crippen LogP contribution >= 0.6 is 11.6 Å². The molecule has 0 radical (unpaired) electrons. The molecule has 2 aromatic heterocycles. The molecule has 162 valence electrons. The van der Waals surface area contributed by atoms with Gasteiger partial charge in [-0.3, -0.25) is 0 Å². The van der Waals surface area contributed by atoms with Crippen LogP contribution in [0.1, 0.15) is 23.2 Å². The molecule has 1 aliphatic heterocycles. The molecule has 10 heteroatoms. The van der Waals surface area contributed by atoms with Gasteiger partial charge < -0.3 is 24.6 Å². The predicted octanol–water partition coefficient (Wildman–Crippen LogP) is 3.50. The lowest BCUT2D eigenvalue weighted by Gasteiger charge is -2.33. The quantitative estimate of drug-likeness (QED) is 0.638. The minimum atomic E-state index is -0.993. The van der Waals surface area contributed by atoms with E-state index in [2.05, 4.69) is 15.0 Å². The average Bonchev–Trinajstić information content (AvgIpc) is 3.14. The van der Waals surface area contributed by atoms with Crippen molar-refractivity contribution in [2.24, 2.45) is 0 Å². The maximum absolute atomic E-state index is 12.1. The summed E-state index contributed by atoms with van der Waals surface area (Å²) in [5, 5.41) is 9.47. The van der Waals surface area contributed by atoms with Crippen molar-refractivity contribution in [3.8, 4) is 17.3 Å². The van der Waals surface area contributed by atoms with Crippen LogP contribution < -0.4 is 4.74 Å². The number of carboxylic acid groups (broad SMARTS) is 1. The number of hydrogen-bond acceptors (Lipinski definition) is 5. The predicted molar refractivity (Wildman–Crippen MR) is 116 cm³/mol. The minimum Gasteiger partial charge on any atom is -0.478 e. The highest BCUT2D eigenvalue weighted by Crippen LogP contribution is 2.30. The van der Waals surface area contributed by atoms with Crippen LogP contribution in [0.25, 0.3) is 22.4 Å². The second-order valence-corrected chi connectivity index (χ2v) is 8.00. The first-order valence-corrected chi connectivity index (χ1v) is 10.2. The van der Waals surface area contributed by atoms with Crippen LogP contribution in [0, 0.1) is 0 Å². The summed E-state index contributed by atoms with van der Waals surface area (Å²) >= 11 is 6.40. The van der Waals surface area contributed by atoms with E-state index in [9.17, 15) is 9.59 Å². The molecular weight excluding hydrogens is 422 g/mol. The van der Waals surface area contributed by atoms with Crippen molar-refractivity contribution in [2.75, 3.05) is 27.2 Å². The van der Waals surface area contributed by atoms with Gasteiger partial charge in [-0.25, -0.2) is 14.6 Å². The second-order valence-electron chi connectivity index (χ2n) is 7.60. The molecule has 1 fully saturated rings. The van der Waals surface area contributed by atoms with Crippen molar-refractivity contribution < 1.29 is 19.4 Å². The van der Waals surface area contributed by atoms with Gasteiger partial charge in [0.1, 0.15) is 6.10 Å². The number of rotatable bonds is 4. The van der Waals surface area contributed by atoms with E-state index < -0.39 is 5.97 Å². The lowest BCUT2D eigenvalue weighted by atomic mass is 10.1. The zero-order chi connectivity index (χ0) is 22.1. The highest BCUT2D eigenvalue weighted by molar-refractivity contribution is 6.33. The summed E-state index contributed by atoms with van der Waals surface area (Å²) in [4.78, 5) is 38.5. The summed E-state index contributed by atoms with van der Waals surface area (Å²) in [6, 6.07) is 8.42. The van der Waals surface area contributed by atoms with E-state index in [-0.39, 0.29) is 17.7 Å². The Balaban J connectivity index is 1.49. The first kappa shape index (κ1) is 20.9. The van der Waals surface area contributed by atoms with Gasteiger partial charge in [0, 0.05) is 45.6 Å². The maximum Gasteiger partial charge on any atom is 0.335 e. The Kier molecular flexibility index (Phi) is 5.69. The SMILES string of the molecule is CN(C)C(=O)N1CCC(Oc2nc3nc(-c4ccc(C(=O)O)cc4)c(Cl)cc3[nH]2)CC1. The number of halogens is 1. The highest BCUT2D eigenvalue weighted by atomic mass is 35.5. The number of aromatic amines is 1. The molecular formula is C21H22ClN5O4. The van der Waals surface area contributed by atoms with Gasteiger partial charge in [-0.1, -0.05) is 23.7 Å². The Labute approximate surface area is 183 Å². The number of nitrogens with one attached hydrogen (secondary N) is 1. The van der Waals surface area contributed by atoms with Crippen molar-refractivity contribution in [1.29, 1.82) is 0 Å². The van der Waals surface area contributed by atoms with Gasteiger partial charge >= 0.3 is 12.0 Å². The number of likely N-dealkylation sites (tertiary alicyclic amines) is 1. The highest BCUT2D eigenvalue weighted by Gasteiger charge is 2.25. The Hall–Kier alpha value is -3.33. The Morgan fingerprint density at radius 3 is 2.48 bits per heavy atom. The maximum atomic E-state index is 12.1. The molecule has 0 unspecified atom stereocenters. The first-order valence-electron chi connectivity index (χ1n) is 9.84. The Morgan fingerprint density at radius 2 is 1.87 bits per heavy atom. The van der Waals surface area contributed by atoms with Crippen LogP contribution in [-0.2, 0) is 0 Å². The smallest absolute Gasteiger partial charge is 0.335 e. The van der Waals surface area contributed by atoms with Crippen molar-refractivity contribution in [3.63, 3.8) is 0 Å². The number of fused-ring (bicyclic) bond motifs is 1. The van der Waals surface area contributed by atoms with Gasteiger partial charge in [-0.05, 0) is 18.2 Å². The first-order chi connectivity index (χ1) is 14.8. The second kappa shape index (κ2) is 8.43. The van der Waals surface area contributed by atoms with Crippen molar-refractivity contribution in [2.45, 2.75) is 18.9 Å². The number of pyridine rings is 1. The number of carbonyl (C=O) groups is 2. The molecule has 0 spiro atoms. The van der Waals surface area contributed by atoms with E-state index in [0.717, 1.165) is 0 Å². The van der Waals surface area contributed by atoms with Crippen molar-refractivity contribution >= 4 is 34.8 Å². The van der Waals surface area contributed by atoms with Crippen LogP contribution in [0.15, 0.2) is 30.3 Å². The van der Waals surface area contributed by atoms with E-state index in [1.54, 1.807) is 37.2 Å². The topological polar surface area (TPSA) is 112 Å². The number of hydrogen-bond donors (Lipinski definition) is 2. The number of H-pyrrole nitrogens is 1. The molecule has 4 rings (SSSR count). The third-order valence-corrected chi connectivity index (χ3v) is 5.47. The number of amides is 2. The summed E-state index contributed by atoms with van der Waals surface area (Å²) in [6.45, 7) is 1.25. The molecule has 3 aromatic rings. The molecule has 1 aromatic carbocycles. The average molecular weight is 444 g/mol. The molecule has 0 aliphatic carbocycles. The van der Waals surface area contributed by atoms with Gasteiger partial charge in [0.25, 0.3) is 6.01 Å². The summed E-state index contributed by atoms with van der Waals surface area (Å²) in [5.74, 6) is -0.993. The zero-order valence-electron chi connectivity index (χ0n) is 17.1. The molecule has 3 heterocycles. The number of carbonyl (C=O) groups excluding carboxylic acids is 1. The fourth-order valence-electron chi connectivity index (χ4n) is 3.53. The van der Waals surface area contributed by atoms with Gasteiger partial charge in [-0.2, -0.15) is 4.98 Å². The Bertz CT molecular complexity index is 1120. The molecule has 1 aliphatic rings. The van der Waals surface area contributed by atoms with Crippen molar-refractivity contribution in [1.82, 2.24) is 24.8 Å². The number of aromatic nitrogens is 3. The molecule has 2 amide bonds. The van der Waals surface area contributed by atoms with Crippen LogP contribution in [0.5, 0.6) is 6.01 Å². The molecule has 1 saturated heterocycles. The van der Waals surface area contributed by atoms with Crippen LogP contribution in [0.4, 0.5) is 4.79 Å². The lowest BCUT2D eigenvalue weighted by molar-refractivity contribution is 0.0696. The lowest BCUT2D eigenvalue weighted by Crippen LogP contribution is -2.46. The largest absolute Gasteiger partial charge is 0.478 e. The van der Waals surface area contributed by atoms with E-state index >= 15 is 0 Å². The minimum absolute atomic E-state index is 0.00458. The normalized spacial score (nSPS) is 14.6. The number of aromatic carboxylic acids is 1. The van der Waals surface area contributed by atoms with Crippen molar-refractivity contribution in [3.05, 3.63) is 40.9 Å². The van der Waals surface area contributed by atoms with Gasteiger partial charge in [0.05, 0.1) is 21.8 Å². The fourth-order valence-corrected chi connectivity index (χ4v) is 3.79. The van der Waals surface area contributed by atoms with Gasteiger partial charge in [-0.15, -0.1) is 0 Å². The number of piperidine rings is 1.